The minimum Gasteiger partial charge on any atom is -0.504 e. The molecule has 2 aliphatic rings. The highest BCUT2D eigenvalue weighted by Gasteiger charge is 2.50. The summed E-state index contributed by atoms with van der Waals surface area (Å²) in [5.74, 6) is 1.04. The molecule has 0 radical (unpaired) electrons. The van der Waals surface area contributed by atoms with E-state index in [1.807, 2.05) is 18.2 Å². The average molecular weight is 275 g/mol. The molecule has 4 nitrogen and oxygen atoms in total. The molecular weight excluding hydrogens is 254 g/mol. The van der Waals surface area contributed by atoms with Gasteiger partial charge in [0.05, 0.1) is 7.11 Å². The lowest BCUT2D eigenvalue weighted by Crippen LogP contribution is -2.46. The SMILES string of the molecule is COc1ccc([C@@]23CCC(=O)C[C@@H]2N(C)CC3)cc1O. The fraction of sp³-hybridized carbons (Fsp3) is 0.562. The molecule has 0 aromatic heterocycles. The Bertz CT molecular complexity index is 543. The van der Waals surface area contributed by atoms with E-state index >= 15 is 0 Å². The summed E-state index contributed by atoms with van der Waals surface area (Å²) in [5.41, 5.74) is 1.14. The van der Waals surface area contributed by atoms with Crippen LogP contribution in [0.5, 0.6) is 11.5 Å². The van der Waals surface area contributed by atoms with Gasteiger partial charge in [-0.05, 0) is 44.1 Å². The van der Waals surface area contributed by atoms with E-state index in [1.165, 1.54) is 0 Å². The molecule has 0 amide bonds. The molecule has 1 aliphatic heterocycles. The molecule has 108 valence electrons. The topological polar surface area (TPSA) is 49.8 Å². The third kappa shape index (κ3) is 1.90. The van der Waals surface area contributed by atoms with Crippen LogP contribution in [0.4, 0.5) is 0 Å². The van der Waals surface area contributed by atoms with Crippen LogP contribution < -0.4 is 4.74 Å². The molecule has 20 heavy (non-hydrogen) atoms. The number of likely N-dealkylation sites (N-methyl/N-ethyl adjacent to an activating group) is 1. The molecule has 1 aromatic carbocycles. The fourth-order valence-electron chi connectivity index (χ4n) is 3.92. The van der Waals surface area contributed by atoms with Crippen molar-refractivity contribution >= 4 is 5.78 Å². The van der Waals surface area contributed by atoms with E-state index in [9.17, 15) is 9.90 Å². The number of phenolic OH excluding ortho intramolecular Hbond substituents is 1. The number of rotatable bonds is 2. The maximum atomic E-state index is 11.8. The van der Waals surface area contributed by atoms with Crippen LogP contribution in [-0.2, 0) is 10.2 Å². The van der Waals surface area contributed by atoms with Crippen LogP contribution in [0.2, 0.25) is 0 Å². The molecule has 2 atom stereocenters. The van der Waals surface area contributed by atoms with Gasteiger partial charge in [-0.25, -0.2) is 0 Å². The molecule has 1 heterocycles. The van der Waals surface area contributed by atoms with Crippen molar-refractivity contribution in [3.8, 4) is 11.5 Å². The third-order valence-electron chi connectivity index (χ3n) is 5.11. The fourth-order valence-corrected chi connectivity index (χ4v) is 3.92. The molecule has 1 aliphatic carbocycles. The summed E-state index contributed by atoms with van der Waals surface area (Å²) in [4.78, 5) is 14.1. The van der Waals surface area contributed by atoms with Crippen LogP contribution in [0.15, 0.2) is 18.2 Å². The number of carbonyl (C=O) groups is 1. The second-order valence-electron chi connectivity index (χ2n) is 6.03. The Balaban J connectivity index is 2.02. The van der Waals surface area contributed by atoms with Gasteiger partial charge in [-0.2, -0.15) is 0 Å². The van der Waals surface area contributed by atoms with Crippen LogP contribution in [0.25, 0.3) is 0 Å². The molecular formula is C16H21NO3. The quantitative estimate of drug-likeness (QED) is 0.898. The number of ether oxygens (including phenoxy) is 1. The zero-order valence-electron chi connectivity index (χ0n) is 12.1. The van der Waals surface area contributed by atoms with Gasteiger partial charge in [-0.15, -0.1) is 0 Å². The van der Waals surface area contributed by atoms with Gasteiger partial charge in [0.25, 0.3) is 0 Å². The summed E-state index contributed by atoms with van der Waals surface area (Å²) in [6.45, 7) is 1.00. The van der Waals surface area contributed by atoms with E-state index < -0.39 is 0 Å². The lowest BCUT2D eigenvalue weighted by atomic mass is 9.66. The molecule has 4 heteroatoms. The normalized spacial score (nSPS) is 30.3. The van der Waals surface area contributed by atoms with E-state index in [0.29, 0.717) is 24.4 Å². The first-order chi connectivity index (χ1) is 9.56. The predicted molar refractivity (Wildman–Crippen MR) is 76.2 cm³/mol. The first kappa shape index (κ1) is 13.4. The molecule has 1 N–H and O–H groups in total. The third-order valence-corrected chi connectivity index (χ3v) is 5.11. The Morgan fingerprint density at radius 3 is 2.90 bits per heavy atom. The van der Waals surface area contributed by atoms with Crippen LogP contribution in [-0.4, -0.2) is 42.5 Å². The number of hydrogen-bond donors (Lipinski definition) is 1. The van der Waals surface area contributed by atoms with Gasteiger partial charge < -0.3 is 14.7 Å². The average Bonchev–Trinajstić information content (AvgIpc) is 2.77. The summed E-state index contributed by atoms with van der Waals surface area (Å²) < 4.78 is 5.12. The van der Waals surface area contributed by atoms with E-state index in [4.69, 9.17) is 4.74 Å². The summed E-state index contributed by atoms with van der Waals surface area (Å²) in [5, 5.41) is 10.1. The molecule has 0 bridgehead atoms. The standard InChI is InChI=1S/C16H21NO3/c1-17-8-7-16(6-5-12(18)10-15(16)17)11-3-4-14(20-2)13(19)9-11/h3-4,9,15,19H,5-8,10H2,1-2H3/t15-,16-/m0/s1. The van der Waals surface area contributed by atoms with Crippen LogP contribution in [0.3, 0.4) is 0 Å². The summed E-state index contributed by atoms with van der Waals surface area (Å²) in [7, 11) is 3.65. The van der Waals surface area contributed by atoms with Crippen molar-refractivity contribution < 1.29 is 14.6 Å². The number of Topliss-reactive ketones (excluding diaryl/α,β-unsaturated/α-hetero) is 1. The molecule has 2 fully saturated rings. The highest BCUT2D eigenvalue weighted by Crippen LogP contribution is 2.48. The van der Waals surface area contributed by atoms with Crippen molar-refractivity contribution in [1.29, 1.82) is 0 Å². The number of ketones is 1. The summed E-state index contributed by atoms with van der Waals surface area (Å²) in [6.07, 6.45) is 3.21. The van der Waals surface area contributed by atoms with Crippen molar-refractivity contribution in [3.63, 3.8) is 0 Å². The molecule has 1 saturated carbocycles. The minimum atomic E-state index is 0.00636. The van der Waals surface area contributed by atoms with Crippen molar-refractivity contribution in [2.45, 2.75) is 37.1 Å². The van der Waals surface area contributed by atoms with Crippen molar-refractivity contribution in [2.24, 2.45) is 0 Å². The minimum absolute atomic E-state index is 0.00636. The molecule has 3 rings (SSSR count). The van der Waals surface area contributed by atoms with E-state index in [1.54, 1.807) is 7.11 Å². The Kier molecular flexibility index (Phi) is 3.21. The highest BCUT2D eigenvalue weighted by atomic mass is 16.5. The second kappa shape index (κ2) is 4.77. The summed E-state index contributed by atoms with van der Waals surface area (Å²) in [6, 6.07) is 5.95. The Hall–Kier alpha value is -1.55. The molecule has 0 unspecified atom stereocenters. The Morgan fingerprint density at radius 1 is 1.40 bits per heavy atom. The van der Waals surface area contributed by atoms with Crippen LogP contribution >= 0.6 is 0 Å². The van der Waals surface area contributed by atoms with Crippen molar-refractivity contribution in [3.05, 3.63) is 23.8 Å². The van der Waals surface area contributed by atoms with Gasteiger partial charge in [0.15, 0.2) is 11.5 Å². The number of aromatic hydroxyl groups is 1. The smallest absolute Gasteiger partial charge is 0.160 e. The zero-order valence-corrected chi connectivity index (χ0v) is 12.1. The van der Waals surface area contributed by atoms with Gasteiger partial charge in [-0.1, -0.05) is 6.07 Å². The van der Waals surface area contributed by atoms with Gasteiger partial charge >= 0.3 is 0 Å². The van der Waals surface area contributed by atoms with Gasteiger partial charge in [0.2, 0.25) is 0 Å². The highest BCUT2D eigenvalue weighted by molar-refractivity contribution is 5.81. The van der Waals surface area contributed by atoms with Crippen molar-refractivity contribution in [1.82, 2.24) is 4.90 Å². The summed E-state index contributed by atoms with van der Waals surface area (Å²) >= 11 is 0. The van der Waals surface area contributed by atoms with Gasteiger partial charge in [0.1, 0.15) is 5.78 Å². The number of benzene rings is 1. The number of fused-ring (bicyclic) bond motifs is 1. The van der Waals surface area contributed by atoms with E-state index in [-0.39, 0.29) is 17.2 Å². The van der Waals surface area contributed by atoms with Gasteiger partial charge in [-0.3, -0.25) is 4.79 Å². The lowest BCUT2D eigenvalue weighted by molar-refractivity contribution is -0.122. The molecule has 0 spiro atoms. The molecule has 1 saturated heterocycles. The Labute approximate surface area is 119 Å². The Morgan fingerprint density at radius 2 is 2.20 bits per heavy atom. The first-order valence-electron chi connectivity index (χ1n) is 7.16. The predicted octanol–water partition coefficient (Wildman–Crippen LogP) is 2.10. The van der Waals surface area contributed by atoms with E-state index in [2.05, 4.69) is 11.9 Å². The second-order valence-corrected chi connectivity index (χ2v) is 6.03. The maximum absolute atomic E-state index is 11.8. The largest absolute Gasteiger partial charge is 0.504 e. The van der Waals surface area contributed by atoms with Gasteiger partial charge in [0, 0.05) is 24.3 Å². The first-order valence-corrected chi connectivity index (χ1v) is 7.16. The van der Waals surface area contributed by atoms with E-state index in [0.717, 1.165) is 24.9 Å². The van der Waals surface area contributed by atoms with Crippen molar-refractivity contribution in [2.75, 3.05) is 20.7 Å². The number of phenols is 1. The van der Waals surface area contributed by atoms with Crippen LogP contribution in [0, 0.1) is 0 Å². The maximum Gasteiger partial charge on any atom is 0.160 e. The number of likely N-dealkylation sites (tertiary alicyclic amines) is 1. The number of hydrogen-bond acceptors (Lipinski definition) is 4. The van der Waals surface area contributed by atoms with Crippen LogP contribution in [0.1, 0.15) is 31.2 Å². The number of nitrogens with zero attached hydrogens (tertiary/aromatic N) is 1. The number of methoxy groups -OCH3 is 1. The lowest BCUT2D eigenvalue weighted by Gasteiger charge is -2.41. The zero-order chi connectivity index (χ0) is 14.3. The molecule has 1 aromatic rings. The number of carbonyl (C=O) groups excluding carboxylic acids is 1. The monoisotopic (exact) mass is 275 g/mol.